The molecule has 1 saturated heterocycles. The Morgan fingerprint density at radius 2 is 2.09 bits per heavy atom. The molecule has 0 radical (unpaired) electrons. The van der Waals surface area contributed by atoms with Crippen LogP contribution in [0.15, 0.2) is 36.4 Å². The molecule has 6 rings (SSSR count). The highest BCUT2D eigenvalue weighted by Gasteiger charge is 2.73. The van der Waals surface area contributed by atoms with Crippen molar-refractivity contribution in [3.8, 4) is 23.3 Å². The van der Waals surface area contributed by atoms with Crippen molar-refractivity contribution in [3.05, 3.63) is 58.7 Å². The average molecular weight is 459 g/mol. The van der Waals surface area contributed by atoms with E-state index < -0.39 is 17.1 Å². The number of aliphatic hydroxyl groups is 1. The average Bonchev–Trinajstić information content (AvgIpc) is 3.17. The highest BCUT2D eigenvalue weighted by Crippen LogP contribution is 2.65. The Morgan fingerprint density at radius 1 is 1.26 bits per heavy atom. The molecule has 1 saturated carbocycles. The molecule has 2 aromatic carbocycles. The van der Waals surface area contributed by atoms with Crippen molar-refractivity contribution in [1.82, 2.24) is 9.80 Å². The second-order valence-electron chi connectivity index (χ2n) is 10.5. The number of carbonyl (C=O) groups excluding carboxylic acids is 1. The molecular weight excluding hydrogens is 428 g/mol. The fourth-order valence-corrected chi connectivity index (χ4v) is 7.21. The summed E-state index contributed by atoms with van der Waals surface area (Å²) in [5, 5.41) is 22.9. The van der Waals surface area contributed by atoms with E-state index >= 15 is 0 Å². The summed E-state index contributed by atoms with van der Waals surface area (Å²) in [6.45, 7) is 2.83. The molecule has 2 N–H and O–H groups in total. The topological polar surface area (TPSA) is 73.2 Å². The van der Waals surface area contributed by atoms with Crippen LogP contribution in [0, 0.1) is 18.8 Å². The van der Waals surface area contributed by atoms with E-state index in [9.17, 15) is 15.0 Å². The summed E-state index contributed by atoms with van der Waals surface area (Å²) in [6, 6.07) is 11.2. The van der Waals surface area contributed by atoms with Crippen molar-refractivity contribution in [2.45, 2.75) is 61.8 Å². The molecule has 0 unspecified atom stereocenters. The molecule has 34 heavy (non-hydrogen) atoms. The van der Waals surface area contributed by atoms with Crippen LogP contribution < -0.4 is 4.74 Å². The fraction of sp³-hybridized carbons (Fsp3) is 0.464. The number of benzene rings is 2. The van der Waals surface area contributed by atoms with Gasteiger partial charge < -0.3 is 24.7 Å². The number of likely N-dealkylation sites (N-methyl/N-ethyl adjacent to an activating group) is 2. The third kappa shape index (κ3) is 2.68. The van der Waals surface area contributed by atoms with E-state index in [-0.39, 0.29) is 23.7 Å². The molecular formula is C28H30N2O4. The summed E-state index contributed by atoms with van der Waals surface area (Å²) < 4.78 is 6.50. The lowest BCUT2D eigenvalue weighted by Gasteiger charge is -2.64. The molecule has 4 aliphatic rings. The fourth-order valence-electron chi connectivity index (χ4n) is 7.21. The van der Waals surface area contributed by atoms with Crippen molar-refractivity contribution in [1.29, 1.82) is 0 Å². The number of amides is 1. The third-order valence-corrected chi connectivity index (χ3v) is 8.85. The molecule has 2 aliphatic heterocycles. The summed E-state index contributed by atoms with van der Waals surface area (Å²) in [6.07, 6.45) is 2.21. The molecule has 0 aromatic heterocycles. The quantitative estimate of drug-likeness (QED) is 0.642. The maximum absolute atomic E-state index is 13.2. The van der Waals surface area contributed by atoms with Crippen LogP contribution in [0.25, 0.3) is 0 Å². The van der Waals surface area contributed by atoms with Gasteiger partial charge in [0, 0.05) is 30.1 Å². The van der Waals surface area contributed by atoms with E-state index in [2.05, 4.69) is 23.8 Å². The number of hydrogen-bond donors (Lipinski definition) is 2. The van der Waals surface area contributed by atoms with E-state index in [1.165, 1.54) is 0 Å². The van der Waals surface area contributed by atoms with E-state index in [1.54, 1.807) is 18.0 Å². The predicted molar refractivity (Wildman–Crippen MR) is 128 cm³/mol. The molecule has 2 fully saturated rings. The van der Waals surface area contributed by atoms with E-state index in [4.69, 9.17) is 4.74 Å². The van der Waals surface area contributed by atoms with Crippen molar-refractivity contribution >= 4 is 5.91 Å². The van der Waals surface area contributed by atoms with Gasteiger partial charge in [-0.15, -0.1) is 0 Å². The summed E-state index contributed by atoms with van der Waals surface area (Å²) >= 11 is 0. The van der Waals surface area contributed by atoms with Gasteiger partial charge in [-0.3, -0.25) is 4.79 Å². The van der Waals surface area contributed by atoms with Gasteiger partial charge in [-0.25, -0.2) is 0 Å². The van der Waals surface area contributed by atoms with Crippen molar-refractivity contribution in [2.24, 2.45) is 0 Å². The van der Waals surface area contributed by atoms with Crippen molar-refractivity contribution in [3.63, 3.8) is 0 Å². The van der Waals surface area contributed by atoms with Gasteiger partial charge in [0.1, 0.15) is 6.10 Å². The summed E-state index contributed by atoms with van der Waals surface area (Å²) in [4.78, 5) is 17.1. The third-order valence-electron chi connectivity index (χ3n) is 8.85. The molecule has 6 heteroatoms. The van der Waals surface area contributed by atoms with Crippen LogP contribution in [0.4, 0.5) is 0 Å². The molecule has 176 valence electrons. The van der Waals surface area contributed by atoms with Crippen LogP contribution in [0.1, 0.15) is 41.5 Å². The number of rotatable bonds is 1. The number of nitrogens with zero attached hydrogens (tertiary/aromatic N) is 2. The number of carbonyl (C=O) groups is 1. The van der Waals surface area contributed by atoms with Gasteiger partial charge in [0.2, 0.25) is 0 Å². The molecule has 1 amide bonds. The molecule has 6 nitrogen and oxygen atoms in total. The number of phenolic OH excluding ortho intramolecular Hbond substituents is 1. The van der Waals surface area contributed by atoms with Crippen LogP contribution in [-0.2, 0) is 16.6 Å². The lowest BCUT2D eigenvalue weighted by atomic mass is 9.48. The van der Waals surface area contributed by atoms with Crippen molar-refractivity contribution < 1.29 is 19.7 Å². The van der Waals surface area contributed by atoms with Crippen LogP contribution in [0.3, 0.4) is 0 Å². The lowest BCUT2D eigenvalue weighted by Crippen LogP contribution is -2.77. The molecule has 2 bridgehead atoms. The Hall–Kier alpha value is -3.01. The monoisotopic (exact) mass is 458 g/mol. The first-order valence-corrected chi connectivity index (χ1v) is 12.1. The number of hydrogen-bond acceptors (Lipinski definition) is 5. The van der Waals surface area contributed by atoms with Gasteiger partial charge >= 0.3 is 0 Å². The molecule has 1 spiro atoms. The highest BCUT2D eigenvalue weighted by molar-refractivity contribution is 5.94. The minimum Gasteiger partial charge on any atom is -0.504 e. The second kappa shape index (κ2) is 7.24. The second-order valence-corrected chi connectivity index (χ2v) is 10.5. The van der Waals surface area contributed by atoms with Crippen LogP contribution in [0.2, 0.25) is 0 Å². The highest BCUT2D eigenvalue weighted by atomic mass is 16.5. The predicted octanol–water partition coefficient (Wildman–Crippen LogP) is 2.36. The van der Waals surface area contributed by atoms with Gasteiger partial charge in [0.25, 0.3) is 5.91 Å². The number of phenols is 1. The number of aryl methyl sites for hydroxylation is 1. The minimum atomic E-state index is -0.968. The molecule has 5 atom stereocenters. The van der Waals surface area contributed by atoms with E-state index in [0.29, 0.717) is 18.6 Å². The summed E-state index contributed by atoms with van der Waals surface area (Å²) in [5.74, 6) is 6.13. The van der Waals surface area contributed by atoms with E-state index in [1.807, 2.05) is 37.3 Å². The molecule has 2 aliphatic carbocycles. The summed E-state index contributed by atoms with van der Waals surface area (Å²) in [7, 11) is 3.86. The van der Waals surface area contributed by atoms with Gasteiger partial charge in [-0.2, -0.15) is 0 Å². The maximum Gasteiger partial charge on any atom is 0.298 e. The van der Waals surface area contributed by atoms with E-state index in [0.717, 1.165) is 41.6 Å². The normalized spacial score (nSPS) is 32.8. The lowest BCUT2D eigenvalue weighted by molar-refractivity contribution is -0.195. The SMILES string of the molecule is Cc1cccc(C#CC(=O)N(C)[C@H]2CC[C@@]3(O)[C@H]4Cc5ccc(O)c6c5[C@@]3(CCN4C)[C@H]2O6)c1. The molecule has 2 heterocycles. The number of ether oxygens (including phenoxy) is 1. The first kappa shape index (κ1) is 21.5. The minimum absolute atomic E-state index is 0.0154. The van der Waals surface area contributed by atoms with Gasteiger partial charge in [0.15, 0.2) is 11.5 Å². The van der Waals surface area contributed by atoms with Gasteiger partial charge in [-0.05, 0) is 75.5 Å². The first-order valence-electron chi connectivity index (χ1n) is 12.1. The van der Waals surface area contributed by atoms with Gasteiger partial charge in [-0.1, -0.05) is 24.1 Å². The van der Waals surface area contributed by atoms with Crippen LogP contribution >= 0.6 is 0 Å². The largest absolute Gasteiger partial charge is 0.504 e. The van der Waals surface area contributed by atoms with Crippen molar-refractivity contribution in [2.75, 3.05) is 20.6 Å². The smallest absolute Gasteiger partial charge is 0.298 e. The Kier molecular flexibility index (Phi) is 4.58. The van der Waals surface area contributed by atoms with Crippen LogP contribution in [0.5, 0.6) is 11.5 Å². The first-order chi connectivity index (χ1) is 16.3. The van der Waals surface area contributed by atoms with Gasteiger partial charge in [0.05, 0.1) is 17.1 Å². The number of aromatic hydroxyl groups is 1. The zero-order valence-corrected chi connectivity index (χ0v) is 19.8. The maximum atomic E-state index is 13.2. The standard InChI is InChI=1S/C28H30N2O4/c1-17-5-4-6-18(15-17)7-10-23(32)30(3)20-11-12-28(33)22-16-19-8-9-21(31)25-24(19)27(28,26(20)34-25)13-14-29(22)2/h4-6,8-9,15,20,22,26,31,33H,11-14,16H2,1-3H3/t20-,22+,26-,27-,28+/m0/s1. The Balaban J connectivity index is 1.40. The Morgan fingerprint density at radius 3 is 2.88 bits per heavy atom. The zero-order chi connectivity index (χ0) is 23.8. The Bertz CT molecular complexity index is 1260. The summed E-state index contributed by atoms with van der Waals surface area (Å²) in [5.41, 5.74) is 2.38. The number of piperidine rings is 1. The molecule has 2 aromatic rings. The number of likely N-dealkylation sites (tertiary alicyclic amines) is 1. The van der Waals surface area contributed by atoms with Crippen LogP contribution in [-0.4, -0.2) is 70.3 Å². The zero-order valence-electron chi connectivity index (χ0n) is 19.8. The Labute approximate surface area is 200 Å².